The quantitative estimate of drug-likeness (QED) is 0.880. The van der Waals surface area contributed by atoms with Crippen molar-refractivity contribution in [2.24, 2.45) is 0 Å². The lowest BCUT2D eigenvalue weighted by Crippen LogP contribution is -2.44. The third-order valence-corrected chi connectivity index (χ3v) is 4.25. The summed E-state index contributed by atoms with van der Waals surface area (Å²) in [6.07, 6.45) is 0.227. The molecule has 0 unspecified atom stereocenters. The zero-order valence-electron chi connectivity index (χ0n) is 13.8. The summed E-state index contributed by atoms with van der Waals surface area (Å²) >= 11 is 0. The molecule has 3 rings (SSSR count). The molecule has 0 aliphatic heterocycles. The molecule has 0 radical (unpaired) electrons. The Bertz CT molecular complexity index is 683. The zero-order chi connectivity index (χ0) is 17.1. The number of amides is 1. The summed E-state index contributed by atoms with van der Waals surface area (Å²) in [4.78, 5) is 12.3. The number of hydrogen-bond acceptors (Lipinski definition) is 5. The Hall–Kier alpha value is -2.34. The number of carbonyl (C=O) groups is 1. The Morgan fingerprint density at radius 1 is 1.33 bits per heavy atom. The molecule has 1 aliphatic carbocycles. The van der Waals surface area contributed by atoms with Gasteiger partial charge in [0.05, 0.1) is 11.7 Å². The molecule has 3 atom stereocenters. The highest BCUT2D eigenvalue weighted by Gasteiger charge is 2.37. The fraction of sp³-hybridized carbons (Fsp3) is 0.444. The van der Waals surface area contributed by atoms with Gasteiger partial charge in [-0.15, -0.1) is 0 Å². The van der Waals surface area contributed by atoms with E-state index < -0.39 is 6.10 Å². The van der Waals surface area contributed by atoms with Crippen LogP contribution in [0.5, 0.6) is 5.75 Å². The van der Waals surface area contributed by atoms with Gasteiger partial charge in [0.15, 0.2) is 0 Å². The standard InChI is InChI=1S/C18H22N2O4/c1-11(2)14-10-16(24-20-14)18(22)19-13-8-9-15(17(13)21)23-12-6-4-3-5-7-12/h3-7,10-11,13,15,17,21H,8-9H2,1-2H3,(H,19,22)/t13-,15-,17-/m1/s1. The molecule has 1 heterocycles. The average molecular weight is 330 g/mol. The SMILES string of the molecule is CC(C)c1cc(C(=O)N[C@@H]2CC[C@@H](Oc3ccccc3)[C@@H]2O)on1. The van der Waals surface area contributed by atoms with E-state index in [4.69, 9.17) is 9.26 Å². The maximum Gasteiger partial charge on any atom is 0.290 e. The minimum absolute atomic E-state index is 0.165. The first-order valence-corrected chi connectivity index (χ1v) is 8.22. The largest absolute Gasteiger partial charge is 0.488 e. The summed E-state index contributed by atoms with van der Waals surface area (Å²) in [6.45, 7) is 3.96. The predicted molar refractivity (Wildman–Crippen MR) is 87.9 cm³/mol. The molecule has 1 fully saturated rings. The monoisotopic (exact) mass is 330 g/mol. The van der Waals surface area contributed by atoms with Gasteiger partial charge in [0.1, 0.15) is 18.0 Å². The molecule has 1 aliphatic rings. The van der Waals surface area contributed by atoms with Gasteiger partial charge in [-0.2, -0.15) is 0 Å². The van der Waals surface area contributed by atoms with Crippen LogP contribution in [0.2, 0.25) is 0 Å². The van der Waals surface area contributed by atoms with Crippen molar-refractivity contribution in [3.05, 3.63) is 47.9 Å². The van der Waals surface area contributed by atoms with Crippen molar-refractivity contribution >= 4 is 5.91 Å². The lowest BCUT2D eigenvalue weighted by Gasteiger charge is -2.21. The first-order valence-electron chi connectivity index (χ1n) is 8.22. The molecular formula is C18H22N2O4. The second-order valence-electron chi connectivity index (χ2n) is 6.39. The van der Waals surface area contributed by atoms with E-state index in [2.05, 4.69) is 10.5 Å². The zero-order valence-corrected chi connectivity index (χ0v) is 13.8. The number of aliphatic hydroxyl groups excluding tert-OH is 1. The van der Waals surface area contributed by atoms with Crippen molar-refractivity contribution in [1.82, 2.24) is 10.5 Å². The average Bonchev–Trinajstić information content (AvgIpc) is 3.19. The molecule has 0 spiro atoms. The minimum Gasteiger partial charge on any atom is -0.488 e. The van der Waals surface area contributed by atoms with Crippen molar-refractivity contribution in [1.29, 1.82) is 0 Å². The van der Waals surface area contributed by atoms with Crippen LogP contribution in [0.1, 0.15) is 48.9 Å². The third kappa shape index (κ3) is 3.59. The van der Waals surface area contributed by atoms with Gasteiger partial charge in [0.25, 0.3) is 5.91 Å². The number of benzene rings is 1. The summed E-state index contributed by atoms with van der Waals surface area (Å²) in [6, 6.07) is 10.6. The van der Waals surface area contributed by atoms with E-state index in [9.17, 15) is 9.90 Å². The Kier molecular flexibility index (Phi) is 4.85. The molecule has 2 N–H and O–H groups in total. The van der Waals surface area contributed by atoms with Crippen LogP contribution in [0, 0.1) is 0 Å². The second-order valence-corrected chi connectivity index (χ2v) is 6.39. The van der Waals surface area contributed by atoms with E-state index in [-0.39, 0.29) is 29.7 Å². The van der Waals surface area contributed by atoms with Crippen LogP contribution in [0.4, 0.5) is 0 Å². The van der Waals surface area contributed by atoms with Gasteiger partial charge in [-0.25, -0.2) is 0 Å². The number of carbonyl (C=O) groups excluding carboxylic acids is 1. The smallest absolute Gasteiger partial charge is 0.290 e. The maximum absolute atomic E-state index is 12.3. The number of aliphatic hydroxyl groups is 1. The van der Waals surface area contributed by atoms with Crippen molar-refractivity contribution in [3.8, 4) is 5.75 Å². The Labute approximate surface area is 140 Å². The predicted octanol–water partition coefficient (Wildman–Crippen LogP) is 2.50. The number of nitrogens with zero attached hydrogens (tertiary/aromatic N) is 1. The van der Waals surface area contributed by atoms with Crippen molar-refractivity contribution < 1.29 is 19.2 Å². The van der Waals surface area contributed by atoms with Crippen LogP contribution in [-0.2, 0) is 0 Å². The minimum atomic E-state index is -0.762. The van der Waals surface area contributed by atoms with Crippen LogP contribution in [0.3, 0.4) is 0 Å². The summed E-state index contributed by atoms with van der Waals surface area (Å²) in [7, 11) is 0. The number of nitrogens with one attached hydrogen (secondary N) is 1. The number of para-hydroxylation sites is 1. The summed E-state index contributed by atoms with van der Waals surface area (Å²) in [5.74, 6) is 0.707. The highest BCUT2D eigenvalue weighted by Crippen LogP contribution is 2.25. The van der Waals surface area contributed by atoms with E-state index in [0.29, 0.717) is 18.6 Å². The van der Waals surface area contributed by atoms with E-state index in [0.717, 1.165) is 5.69 Å². The molecule has 0 bridgehead atoms. The van der Waals surface area contributed by atoms with Gasteiger partial charge < -0.3 is 19.7 Å². The van der Waals surface area contributed by atoms with Gasteiger partial charge in [-0.1, -0.05) is 37.2 Å². The third-order valence-electron chi connectivity index (χ3n) is 4.25. The lowest BCUT2D eigenvalue weighted by molar-refractivity contribution is 0.0428. The second kappa shape index (κ2) is 7.05. The number of rotatable bonds is 5. The van der Waals surface area contributed by atoms with E-state index in [1.54, 1.807) is 6.07 Å². The Morgan fingerprint density at radius 2 is 2.08 bits per heavy atom. The first kappa shape index (κ1) is 16.5. The fourth-order valence-corrected chi connectivity index (χ4v) is 2.81. The van der Waals surface area contributed by atoms with Gasteiger partial charge >= 0.3 is 0 Å². The Balaban J connectivity index is 1.58. The molecular weight excluding hydrogens is 308 g/mol. The van der Waals surface area contributed by atoms with Gasteiger partial charge in [-0.05, 0) is 30.9 Å². The van der Waals surface area contributed by atoms with Crippen LogP contribution >= 0.6 is 0 Å². The van der Waals surface area contributed by atoms with E-state index in [1.807, 2.05) is 44.2 Å². The van der Waals surface area contributed by atoms with E-state index in [1.165, 1.54) is 0 Å². The first-order chi connectivity index (χ1) is 11.5. The number of hydrogen-bond donors (Lipinski definition) is 2. The highest BCUT2D eigenvalue weighted by atomic mass is 16.5. The van der Waals surface area contributed by atoms with Crippen LogP contribution in [0.15, 0.2) is 40.9 Å². The fourth-order valence-electron chi connectivity index (χ4n) is 2.81. The molecule has 6 nitrogen and oxygen atoms in total. The normalized spacial score (nSPS) is 23.4. The summed E-state index contributed by atoms with van der Waals surface area (Å²) in [5, 5.41) is 17.1. The highest BCUT2D eigenvalue weighted by molar-refractivity contribution is 5.91. The summed E-state index contributed by atoms with van der Waals surface area (Å²) in [5.41, 5.74) is 0.734. The van der Waals surface area contributed by atoms with Crippen LogP contribution in [0.25, 0.3) is 0 Å². The van der Waals surface area contributed by atoms with Crippen molar-refractivity contribution in [2.75, 3.05) is 0 Å². The molecule has 1 saturated carbocycles. The summed E-state index contributed by atoms with van der Waals surface area (Å²) < 4.78 is 10.9. The van der Waals surface area contributed by atoms with Crippen molar-refractivity contribution in [3.63, 3.8) is 0 Å². The van der Waals surface area contributed by atoms with Crippen LogP contribution < -0.4 is 10.1 Å². The van der Waals surface area contributed by atoms with E-state index >= 15 is 0 Å². The molecule has 128 valence electrons. The molecule has 6 heteroatoms. The van der Waals surface area contributed by atoms with Gasteiger partial charge in [0.2, 0.25) is 5.76 Å². The molecule has 1 aromatic heterocycles. The van der Waals surface area contributed by atoms with Gasteiger partial charge in [-0.3, -0.25) is 4.79 Å². The Morgan fingerprint density at radius 3 is 2.75 bits per heavy atom. The molecule has 1 amide bonds. The maximum atomic E-state index is 12.3. The molecule has 1 aromatic carbocycles. The molecule has 0 saturated heterocycles. The molecule has 2 aromatic rings. The topological polar surface area (TPSA) is 84.6 Å². The van der Waals surface area contributed by atoms with Crippen molar-refractivity contribution in [2.45, 2.75) is 50.9 Å². The lowest BCUT2D eigenvalue weighted by atomic mass is 10.1. The number of aromatic nitrogens is 1. The van der Waals surface area contributed by atoms with Crippen LogP contribution in [-0.4, -0.2) is 34.4 Å². The van der Waals surface area contributed by atoms with Gasteiger partial charge in [0, 0.05) is 6.07 Å². The molecule has 24 heavy (non-hydrogen) atoms. The number of ether oxygens (including phenoxy) is 1.